The number of unbranched alkanes of at least 4 members (excludes halogenated alkanes) is 3. The number of nitrogens with zero attached hydrogens (tertiary/aromatic N) is 3. The van der Waals surface area contributed by atoms with E-state index < -0.39 is 29.1 Å². The van der Waals surface area contributed by atoms with E-state index in [9.17, 15) is 19.5 Å². The Balaban J connectivity index is 1.81. The van der Waals surface area contributed by atoms with Gasteiger partial charge < -0.3 is 24.5 Å². The van der Waals surface area contributed by atoms with Gasteiger partial charge in [-0.1, -0.05) is 62.6 Å². The molecule has 0 aromatic heterocycles. The van der Waals surface area contributed by atoms with Crippen molar-refractivity contribution in [2.45, 2.75) is 89.4 Å². The summed E-state index contributed by atoms with van der Waals surface area (Å²) in [7, 11) is 0. The molecule has 3 heterocycles. The average molecular weight is 614 g/mol. The molecule has 3 aliphatic heterocycles. The van der Waals surface area contributed by atoms with Crippen molar-refractivity contribution in [1.82, 2.24) is 9.80 Å². The van der Waals surface area contributed by atoms with Crippen molar-refractivity contribution in [1.29, 1.82) is 0 Å². The second kappa shape index (κ2) is 14.0. The lowest BCUT2D eigenvalue weighted by Gasteiger charge is -2.37. The Labute approximate surface area is 261 Å². The number of aliphatic hydroxyl groups is 1. The molecule has 8 nitrogen and oxygen atoms in total. The van der Waals surface area contributed by atoms with E-state index in [4.69, 9.17) is 16.3 Å². The van der Waals surface area contributed by atoms with Crippen molar-refractivity contribution in [2.24, 2.45) is 11.8 Å². The third-order valence-electron chi connectivity index (χ3n) is 9.68. The number of anilines is 1. The number of halogens is 1. The van der Waals surface area contributed by atoms with Gasteiger partial charge in [-0.2, -0.15) is 0 Å². The molecular weight excluding hydrogens is 566 g/mol. The van der Waals surface area contributed by atoms with Gasteiger partial charge in [0.2, 0.25) is 11.8 Å². The molecule has 5 atom stereocenters. The fraction of sp³-hybridized carbons (Fsp3) is 0.618. The van der Waals surface area contributed by atoms with Crippen molar-refractivity contribution in [3.05, 3.63) is 54.1 Å². The summed E-state index contributed by atoms with van der Waals surface area (Å²) in [6.45, 7) is 15.4. The molecule has 0 saturated carbocycles. The Morgan fingerprint density at radius 2 is 1.84 bits per heavy atom. The summed E-state index contributed by atoms with van der Waals surface area (Å²) in [5.74, 6) is -1.96. The van der Waals surface area contributed by atoms with E-state index in [2.05, 4.69) is 13.2 Å². The molecule has 0 aliphatic carbocycles. The first kappa shape index (κ1) is 33.2. The minimum Gasteiger partial charge on any atom is -0.396 e. The van der Waals surface area contributed by atoms with Gasteiger partial charge in [-0.05, 0) is 57.1 Å². The van der Waals surface area contributed by atoms with Gasteiger partial charge >= 0.3 is 0 Å². The van der Waals surface area contributed by atoms with Crippen molar-refractivity contribution in [3.63, 3.8) is 0 Å². The number of ether oxygens (including phenoxy) is 1. The summed E-state index contributed by atoms with van der Waals surface area (Å²) in [6.07, 6.45) is 8.89. The predicted molar refractivity (Wildman–Crippen MR) is 170 cm³/mol. The number of hydrogen-bond donors (Lipinski definition) is 1. The minimum absolute atomic E-state index is 0.0931. The van der Waals surface area contributed by atoms with Gasteiger partial charge in [0.25, 0.3) is 5.91 Å². The van der Waals surface area contributed by atoms with E-state index in [0.29, 0.717) is 62.4 Å². The number of likely N-dealkylation sites (tertiary alicyclic amines) is 1. The Morgan fingerprint density at radius 3 is 2.47 bits per heavy atom. The summed E-state index contributed by atoms with van der Waals surface area (Å²) in [5.41, 5.74) is -0.489. The summed E-state index contributed by atoms with van der Waals surface area (Å²) in [4.78, 5) is 48.8. The molecule has 236 valence electrons. The van der Waals surface area contributed by atoms with Crippen molar-refractivity contribution >= 4 is 35.0 Å². The van der Waals surface area contributed by atoms with Crippen molar-refractivity contribution in [2.75, 3.05) is 37.7 Å². The zero-order chi connectivity index (χ0) is 31.4. The van der Waals surface area contributed by atoms with Crippen molar-refractivity contribution < 1.29 is 24.2 Å². The molecule has 43 heavy (non-hydrogen) atoms. The van der Waals surface area contributed by atoms with Crippen LogP contribution in [0.5, 0.6) is 0 Å². The maximum absolute atomic E-state index is 14.9. The smallest absolute Gasteiger partial charge is 0.253 e. The van der Waals surface area contributed by atoms with Crippen LogP contribution >= 0.6 is 11.6 Å². The zero-order valence-electron chi connectivity index (χ0n) is 26.0. The number of aliphatic hydroxyl groups excluding tert-OH is 1. The maximum Gasteiger partial charge on any atom is 0.253 e. The third-order valence-corrected chi connectivity index (χ3v) is 9.98. The molecule has 4 rings (SSSR count). The SMILES string of the molecule is C=CCN(CCC)C(=O)[C@H]1[C@H]2C(=O)N(CCCCCCO)C(C(=O)N(CC=C)c3c(C)cccc3Cl)C23CC[C@]1(CC)O3. The number of hydrogen-bond acceptors (Lipinski definition) is 5. The van der Waals surface area contributed by atoms with Crippen LogP contribution in [0.3, 0.4) is 0 Å². The van der Waals surface area contributed by atoms with E-state index in [1.54, 1.807) is 32.9 Å². The topological polar surface area (TPSA) is 90.4 Å². The number of carbonyl (C=O) groups is 3. The minimum atomic E-state index is -1.11. The van der Waals surface area contributed by atoms with Crippen molar-refractivity contribution in [3.8, 4) is 0 Å². The molecule has 1 aromatic rings. The van der Waals surface area contributed by atoms with Crippen LogP contribution in [0.4, 0.5) is 5.69 Å². The molecule has 3 amide bonds. The molecule has 3 fully saturated rings. The van der Waals surface area contributed by atoms with Gasteiger partial charge in [0.15, 0.2) is 0 Å². The summed E-state index contributed by atoms with van der Waals surface area (Å²) in [5, 5.41) is 9.68. The first-order valence-electron chi connectivity index (χ1n) is 15.9. The predicted octanol–water partition coefficient (Wildman–Crippen LogP) is 5.30. The van der Waals surface area contributed by atoms with Gasteiger partial charge in [-0.3, -0.25) is 14.4 Å². The number of amides is 3. The lowest BCUT2D eigenvalue weighted by Crippen LogP contribution is -2.56. The number of para-hydroxylation sites is 1. The van der Waals surface area contributed by atoms with Gasteiger partial charge in [-0.25, -0.2) is 0 Å². The van der Waals surface area contributed by atoms with Crippen LogP contribution in [0.25, 0.3) is 0 Å². The molecule has 3 saturated heterocycles. The highest BCUT2D eigenvalue weighted by atomic mass is 35.5. The normalized spacial score (nSPS) is 27.3. The average Bonchev–Trinajstić information content (AvgIpc) is 3.59. The quantitative estimate of drug-likeness (QED) is 0.202. The number of benzene rings is 1. The molecule has 3 aliphatic rings. The largest absolute Gasteiger partial charge is 0.396 e. The fourth-order valence-electron chi connectivity index (χ4n) is 7.81. The van der Waals surface area contributed by atoms with Crippen LogP contribution in [0, 0.1) is 18.8 Å². The molecule has 1 aromatic carbocycles. The summed E-state index contributed by atoms with van der Waals surface area (Å²) < 4.78 is 6.99. The highest BCUT2D eigenvalue weighted by Gasteiger charge is 2.79. The summed E-state index contributed by atoms with van der Waals surface area (Å²) in [6, 6.07) is 4.61. The number of carbonyl (C=O) groups excluding carboxylic acids is 3. The molecular formula is C34H48ClN3O5. The molecule has 2 unspecified atom stereocenters. The summed E-state index contributed by atoms with van der Waals surface area (Å²) >= 11 is 6.68. The highest BCUT2D eigenvalue weighted by Crippen LogP contribution is 2.64. The van der Waals surface area contributed by atoms with E-state index in [1.165, 1.54) is 0 Å². The van der Waals surface area contributed by atoms with Crippen LogP contribution in [0.2, 0.25) is 5.02 Å². The second-order valence-corrected chi connectivity index (χ2v) is 12.6. The highest BCUT2D eigenvalue weighted by molar-refractivity contribution is 6.34. The fourth-order valence-corrected chi connectivity index (χ4v) is 8.13. The zero-order valence-corrected chi connectivity index (χ0v) is 26.8. The van der Waals surface area contributed by atoms with Gasteiger partial charge in [0.1, 0.15) is 11.6 Å². The van der Waals surface area contributed by atoms with Crippen LogP contribution in [-0.4, -0.2) is 82.7 Å². The number of rotatable bonds is 16. The van der Waals surface area contributed by atoms with Gasteiger partial charge in [0.05, 0.1) is 28.1 Å². The maximum atomic E-state index is 14.9. The monoisotopic (exact) mass is 613 g/mol. The Hall–Kier alpha value is -2.68. The Kier molecular flexibility index (Phi) is 10.8. The Bertz CT molecular complexity index is 1200. The molecule has 9 heteroatoms. The Morgan fingerprint density at radius 1 is 1.12 bits per heavy atom. The van der Waals surface area contributed by atoms with Crippen LogP contribution in [0.1, 0.15) is 70.8 Å². The van der Waals surface area contributed by atoms with E-state index in [-0.39, 0.29) is 30.9 Å². The van der Waals surface area contributed by atoms with Gasteiger partial charge in [-0.15, -0.1) is 13.2 Å². The molecule has 2 bridgehead atoms. The van der Waals surface area contributed by atoms with Crippen LogP contribution in [-0.2, 0) is 19.1 Å². The van der Waals surface area contributed by atoms with E-state index >= 15 is 0 Å². The van der Waals surface area contributed by atoms with Crippen LogP contribution < -0.4 is 4.90 Å². The first-order valence-corrected chi connectivity index (χ1v) is 16.2. The number of fused-ring (bicyclic) bond motifs is 1. The van der Waals surface area contributed by atoms with Crippen LogP contribution in [0.15, 0.2) is 43.5 Å². The van der Waals surface area contributed by atoms with E-state index in [0.717, 1.165) is 24.8 Å². The third kappa shape index (κ3) is 5.78. The van der Waals surface area contributed by atoms with E-state index in [1.807, 2.05) is 32.9 Å². The first-order chi connectivity index (χ1) is 20.7. The lowest BCUT2D eigenvalue weighted by atomic mass is 9.64. The molecule has 0 radical (unpaired) electrons. The van der Waals surface area contributed by atoms with Gasteiger partial charge in [0, 0.05) is 32.8 Å². The second-order valence-electron chi connectivity index (χ2n) is 12.2. The number of aryl methyl sites for hydroxylation is 1. The standard InChI is InChI=1S/C34H48ClN3O5/c1-6-19-36(20-7-2)30(40)26-27-31(41)38(22-12-10-11-13-23-39)29(34(27)18-17-33(26,9-4)43-34)32(42)37(21-8-3)28-24(5)15-14-16-25(28)35/h6,8,14-16,26-27,29,39H,1,3,7,9-13,17-23H2,2,4-5H3/t26-,27+,29?,33+,34?/m1/s1. The molecule has 1 spiro atoms. The molecule has 1 N–H and O–H groups in total. The lowest BCUT2D eigenvalue weighted by molar-refractivity contribution is -0.151.